The van der Waals surface area contributed by atoms with Gasteiger partial charge in [-0.15, -0.1) is 0 Å². The second kappa shape index (κ2) is 9.32. The molecule has 1 atom stereocenters. The van der Waals surface area contributed by atoms with Crippen molar-refractivity contribution < 1.29 is 4.21 Å². The Morgan fingerprint density at radius 3 is 2.55 bits per heavy atom. The molecule has 0 bridgehead atoms. The van der Waals surface area contributed by atoms with Gasteiger partial charge in [0.1, 0.15) is 16.6 Å². The highest BCUT2D eigenvalue weighted by molar-refractivity contribution is 7.82. The van der Waals surface area contributed by atoms with Crippen molar-refractivity contribution in [1.82, 2.24) is 23.7 Å². The van der Waals surface area contributed by atoms with Crippen LogP contribution in [0.1, 0.15) is 37.3 Å². The van der Waals surface area contributed by atoms with Crippen LogP contribution in [-0.4, -0.2) is 61.2 Å². The zero-order valence-electron chi connectivity index (χ0n) is 19.2. The fourth-order valence-electron chi connectivity index (χ4n) is 4.72. The van der Waals surface area contributed by atoms with E-state index >= 15 is 0 Å². The Morgan fingerprint density at radius 1 is 1.06 bits per heavy atom. The first-order valence-electron chi connectivity index (χ1n) is 11.6. The highest BCUT2D eigenvalue weighted by Gasteiger charge is 2.22. The third-order valence-electron chi connectivity index (χ3n) is 6.70. The molecule has 1 aliphatic heterocycles. The van der Waals surface area contributed by atoms with E-state index < -0.39 is 11.0 Å². The quantitative estimate of drug-likeness (QED) is 0.622. The van der Waals surface area contributed by atoms with Crippen molar-refractivity contribution in [3.63, 3.8) is 0 Å². The summed E-state index contributed by atoms with van der Waals surface area (Å²) in [5, 5.41) is 4.16. The standard InChI is InChI=1S/C24H30N6O2S/c1-17-15-20(33(32)29-13-11-28(2)12-14-29)8-9-21(17)26-24-25-16-18-7-10-22(31)30(23(18)27-24)19-5-3-4-6-19/h7-10,15-16,19H,3-6,11-14H2,1-2H3,(H,25,26,27). The van der Waals surface area contributed by atoms with Gasteiger partial charge in [0.2, 0.25) is 5.95 Å². The first-order chi connectivity index (χ1) is 16.0. The Hall–Kier alpha value is -2.62. The molecule has 8 nitrogen and oxygen atoms in total. The van der Waals surface area contributed by atoms with Crippen molar-refractivity contribution >= 4 is 33.7 Å². The fourth-order valence-corrected chi connectivity index (χ4v) is 5.98. The van der Waals surface area contributed by atoms with E-state index in [2.05, 4.69) is 22.2 Å². The molecule has 2 aliphatic rings. The van der Waals surface area contributed by atoms with Crippen LogP contribution < -0.4 is 10.9 Å². The van der Waals surface area contributed by atoms with Gasteiger partial charge in [0.15, 0.2) is 0 Å². The highest BCUT2D eigenvalue weighted by Crippen LogP contribution is 2.30. The summed E-state index contributed by atoms with van der Waals surface area (Å²) in [6.07, 6.45) is 6.07. The molecule has 3 aromatic rings. The number of likely N-dealkylation sites (N-methyl/N-ethyl adjacent to an activating group) is 1. The number of piperazine rings is 1. The Labute approximate surface area is 196 Å². The average Bonchev–Trinajstić information content (AvgIpc) is 3.34. The van der Waals surface area contributed by atoms with E-state index in [9.17, 15) is 9.00 Å². The van der Waals surface area contributed by atoms with Crippen LogP contribution in [0.2, 0.25) is 0 Å². The molecule has 0 spiro atoms. The number of aryl methyl sites for hydroxylation is 1. The molecule has 3 heterocycles. The van der Waals surface area contributed by atoms with Gasteiger partial charge in [-0.3, -0.25) is 9.36 Å². The van der Waals surface area contributed by atoms with E-state index in [4.69, 9.17) is 4.98 Å². The van der Waals surface area contributed by atoms with Crippen LogP contribution in [0.25, 0.3) is 11.0 Å². The Bertz CT molecular complexity index is 1250. The normalized spacial score (nSPS) is 19.2. The molecule has 1 saturated carbocycles. The molecular weight excluding hydrogens is 436 g/mol. The summed E-state index contributed by atoms with van der Waals surface area (Å²) in [7, 11) is 0.924. The molecule has 33 heavy (non-hydrogen) atoms. The molecule has 1 aromatic carbocycles. The Morgan fingerprint density at radius 2 is 1.82 bits per heavy atom. The number of aromatic nitrogens is 3. The van der Waals surface area contributed by atoms with Gasteiger partial charge in [-0.25, -0.2) is 13.5 Å². The molecule has 1 aliphatic carbocycles. The molecule has 1 unspecified atom stereocenters. The maximum Gasteiger partial charge on any atom is 0.252 e. The lowest BCUT2D eigenvalue weighted by Gasteiger charge is -2.31. The molecule has 2 fully saturated rings. The lowest BCUT2D eigenvalue weighted by atomic mass is 10.2. The molecule has 1 saturated heterocycles. The molecule has 0 amide bonds. The third-order valence-corrected chi connectivity index (χ3v) is 8.19. The second-order valence-electron chi connectivity index (χ2n) is 9.04. The second-order valence-corrected chi connectivity index (χ2v) is 10.5. The third kappa shape index (κ3) is 4.58. The Kier molecular flexibility index (Phi) is 6.27. The summed E-state index contributed by atoms with van der Waals surface area (Å²) in [4.78, 5) is 24.9. The number of hydrogen-bond donors (Lipinski definition) is 1. The van der Waals surface area contributed by atoms with Gasteiger partial charge >= 0.3 is 0 Å². The highest BCUT2D eigenvalue weighted by atomic mass is 32.2. The predicted octanol–water partition coefficient (Wildman–Crippen LogP) is 3.23. The minimum Gasteiger partial charge on any atom is -0.324 e. The van der Waals surface area contributed by atoms with Crippen LogP contribution in [0.5, 0.6) is 0 Å². The lowest BCUT2D eigenvalue weighted by Crippen LogP contribution is -2.45. The van der Waals surface area contributed by atoms with E-state index in [0.29, 0.717) is 11.6 Å². The van der Waals surface area contributed by atoms with Gasteiger partial charge in [-0.2, -0.15) is 4.98 Å². The average molecular weight is 467 g/mol. The largest absolute Gasteiger partial charge is 0.324 e. The maximum atomic E-state index is 13.0. The van der Waals surface area contributed by atoms with Gasteiger partial charge in [-0.1, -0.05) is 12.8 Å². The van der Waals surface area contributed by atoms with E-state index in [1.54, 1.807) is 18.3 Å². The van der Waals surface area contributed by atoms with Gasteiger partial charge in [0, 0.05) is 55.6 Å². The Balaban J connectivity index is 1.40. The number of anilines is 2. The first-order valence-corrected chi connectivity index (χ1v) is 12.7. The lowest BCUT2D eigenvalue weighted by molar-refractivity contribution is 0.228. The summed E-state index contributed by atoms with van der Waals surface area (Å²) in [5.74, 6) is 0.455. The summed E-state index contributed by atoms with van der Waals surface area (Å²) in [6.45, 7) is 5.44. The molecule has 5 rings (SSSR count). The summed E-state index contributed by atoms with van der Waals surface area (Å²) >= 11 is 0. The minimum atomic E-state index is -1.17. The summed E-state index contributed by atoms with van der Waals surface area (Å²) in [5.41, 5.74) is 2.50. The number of nitrogens with one attached hydrogen (secondary N) is 1. The van der Waals surface area contributed by atoms with Crippen LogP contribution in [0.3, 0.4) is 0 Å². The number of benzene rings is 1. The van der Waals surface area contributed by atoms with Crippen molar-refractivity contribution in [3.05, 3.63) is 52.4 Å². The van der Waals surface area contributed by atoms with Crippen molar-refractivity contribution in [2.45, 2.75) is 43.5 Å². The van der Waals surface area contributed by atoms with E-state index in [-0.39, 0.29) is 11.6 Å². The molecule has 2 aromatic heterocycles. The molecular formula is C24H30N6O2S. The first kappa shape index (κ1) is 22.2. The summed E-state index contributed by atoms with van der Waals surface area (Å²) < 4.78 is 16.9. The molecule has 174 valence electrons. The van der Waals surface area contributed by atoms with E-state index in [0.717, 1.165) is 73.4 Å². The number of nitrogens with zero attached hydrogens (tertiary/aromatic N) is 5. The zero-order valence-corrected chi connectivity index (χ0v) is 20.0. The number of rotatable bonds is 5. The van der Waals surface area contributed by atoms with Crippen molar-refractivity contribution in [2.75, 3.05) is 38.5 Å². The molecule has 1 N–H and O–H groups in total. The predicted molar refractivity (Wildman–Crippen MR) is 131 cm³/mol. The van der Waals surface area contributed by atoms with Crippen LogP contribution in [0.4, 0.5) is 11.6 Å². The smallest absolute Gasteiger partial charge is 0.252 e. The van der Waals surface area contributed by atoms with Gasteiger partial charge < -0.3 is 10.2 Å². The maximum absolute atomic E-state index is 13.0. The van der Waals surface area contributed by atoms with Crippen molar-refractivity contribution in [1.29, 1.82) is 0 Å². The van der Waals surface area contributed by atoms with Crippen molar-refractivity contribution in [2.24, 2.45) is 0 Å². The van der Waals surface area contributed by atoms with E-state index in [1.165, 1.54) is 0 Å². The van der Waals surface area contributed by atoms with Gasteiger partial charge in [0.25, 0.3) is 5.56 Å². The number of fused-ring (bicyclic) bond motifs is 1. The van der Waals surface area contributed by atoms with E-state index in [1.807, 2.05) is 34.0 Å². The van der Waals surface area contributed by atoms with Crippen LogP contribution in [-0.2, 0) is 11.0 Å². The minimum absolute atomic E-state index is 0.00836. The fraction of sp³-hybridized carbons (Fsp3) is 0.458. The van der Waals surface area contributed by atoms with Crippen LogP contribution in [0, 0.1) is 6.92 Å². The van der Waals surface area contributed by atoms with Gasteiger partial charge in [0.05, 0.1) is 4.90 Å². The number of hydrogen-bond acceptors (Lipinski definition) is 6. The van der Waals surface area contributed by atoms with Crippen LogP contribution >= 0.6 is 0 Å². The summed E-state index contributed by atoms with van der Waals surface area (Å²) in [6, 6.07) is 9.41. The molecule has 0 radical (unpaired) electrons. The van der Waals surface area contributed by atoms with Gasteiger partial charge in [-0.05, 0) is 56.6 Å². The SMILES string of the molecule is Cc1cc(S(=O)N2CCN(C)CC2)ccc1Nc1ncc2ccc(=O)n(C3CCCC3)c2n1. The number of pyridine rings is 1. The van der Waals surface area contributed by atoms with Crippen molar-refractivity contribution in [3.8, 4) is 0 Å². The topological polar surface area (TPSA) is 83.4 Å². The zero-order chi connectivity index (χ0) is 22.9. The monoisotopic (exact) mass is 466 g/mol. The molecule has 9 heteroatoms. The van der Waals surface area contributed by atoms with Crippen LogP contribution in [0.15, 0.2) is 46.2 Å².